The lowest BCUT2D eigenvalue weighted by atomic mass is 10.1. The van der Waals surface area contributed by atoms with Gasteiger partial charge in [0.25, 0.3) is 0 Å². The van der Waals surface area contributed by atoms with Crippen LogP contribution >= 0.6 is 0 Å². The molecule has 134 valence electrons. The van der Waals surface area contributed by atoms with Gasteiger partial charge >= 0.3 is 5.97 Å². The second-order valence-corrected chi connectivity index (χ2v) is 6.72. The molecule has 4 nitrogen and oxygen atoms in total. The maximum atomic E-state index is 11.0. The zero-order valence-corrected chi connectivity index (χ0v) is 15.4. The molecule has 0 fully saturated rings. The minimum atomic E-state index is -0.780. The van der Waals surface area contributed by atoms with Crippen molar-refractivity contribution in [2.24, 2.45) is 0 Å². The maximum Gasteiger partial charge on any atom is 0.303 e. The summed E-state index contributed by atoms with van der Waals surface area (Å²) in [6.45, 7) is 2.07. The van der Waals surface area contributed by atoms with Crippen LogP contribution in [0.2, 0.25) is 0 Å². The van der Waals surface area contributed by atoms with Crippen LogP contribution in [0.15, 0.2) is 60.7 Å². The van der Waals surface area contributed by atoms with Gasteiger partial charge in [-0.05, 0) is 55.3 Å². The summed E-state index contributed by atoms with van der Waals surface area (Å²) in [6.07, 6.45) is 0.615. The Bertz CT molecular complexity index is 891. The van der Waals surface area contributed by atoms with Gasteiger partial charge in [0.1, 0.15) is 0 Å². The molecule has 0 aliphatic heterocycles. The number of carbonyl (C=O) groups is 1. The van der Waals surface area contributed by atoms with Crippen molar-refractivity contribution in [3.8, 4) is 16.9 Å². The van der Waals surface area contributed by atoms with Gasteiger partial charge in [0.15, 0.2) is 0 Å². The van der Waals surface area contributed by atoms with Crippen molar-refractivity contribution < 1.29 is 9.90 Å². The van der Waals surface area contributed by atoms with E-state index >= 15 is 0 Å². The van der Waals surface area contributed by atoms with Crippen LogP contribution in [0.3, 0.4) is 0 Å². The van der Waals surface area contributed by atoms with Gasteiger partial charge in [0.2, 0.25) is 0 Å². The molecular weight excluding hydrogens is 324 g/mol. The van der Waals surface area contributed by atoms with Crippen LogP contribution < -0.4 is 4.90 Å². The van der Waals surface area contributed by atoms with Crippen LogP contribution in [0.1, 0.15) is 17.7 Å². The van der Waals surface area contributed by atoms with Gasteiger partial charge in [-0.25, -0.2) is 0 Å². The molecule has 0 saturated carbocycles. The molecule has 1 N–H and O–H groups in total. The molecule has 2 aromatic carbocycles. The molecular formula is C22H24N2O2. The van der Waals surface area contributed by atoms with Crippen molar-refractivity contribution in [3.63, 3.8) is 0 Å². The van der Waals surface area contributed by atoms with Crippen molar-refractivity contribution in [2.45, 2.75) is 19.8 Å². The van der Waals surface area contributed by atoms with E-state index in [1.165, 1.54) is 5.56 Å². The Morgan fingerprint density at radius 2 is 1.62 bits per heavy atom. The first kappa shape index (κ1) is 17.8. The molecule has 0 amide bonds. The molecule has 0 atom stereocenters. The van der Waals surface area contributed by atoms with E-state index in [4.69, 9.17) is 5.11 Å². The van der Waals surface area contributed by atoms with Gasteiger partial charge in [-0.2, -0.15) is 0 Å². The molecule has 0 spiro atoms. The zero-order valence-electron chi connectivity index (χ0n) is 15.4. The summed E-state index contributed by atoms with van der Waals surface area (Å²) in [5.74, 6) is -0.780. The zero-order chi connectivity index (χ0) is 18.7. The molecule has 3 aromatic rings. The SMILES string of the molecule is Cc1ccc(-c2ccc(CCC(=O)O)n2-c2ccc(N(C)C)cc2)cc1. The largest absolute Gasteiger partial charge is 0.481 e. The molecule has 1 aromatic heterocycles. The predicted octanol–water partition coefficient (Wildman–Crippen LogP) is 4.54. The fourth-order valence-electron chi connectivity index (χ4n) is 3.06. The minimum Gasteiger partial charge on any atom is -0.481 e. The number of nitrogens with zero attached hydrogens (tertiary/aromatic N) is 2. The Morgan fingerprint density at radius 3 is 2.19 bits per heavy atom. The van der Waals surface area contributed by atoms with Crippen molar-refractivity contribution in [3.05, 3.63) is 71.9 Å². The number of aryl methyl sites for hydroxylation is 2. The fourth-order valence-corrected chi connectivity index (χ4v) is 3.06. The highest BCUT2D eigenvalue weighted by Gasteiger charge is 2.13. The van der Waals surface area contributed by atoms with Crippen molar-refractivity contribution in [2.75, 3.05) is 19.0 Å². The average Bonchev–Trinajstić information content (AvgIpc) is 3.04. The lowest BCUT2D eigenvalue weighted by Crippen LogP contribution is -2.09. The monoisotopic (exact) mass is 348 g/mol. The normalized spacial score (nSPS) is 10.7. The number of benzene rings is 2. The van der Waals surface area contributed by atoms with Crippen molar-refractivity contribution in [1.82, 2.24) is 4.57 Å². The van der Waals surface area contributed by atoms with Crippen LogP contribution in [0.4, 0.5) is 5.69 Å². The fraction of sp³-hybridized carbons (Fsp3) is 0.227. The highest BCUT2D eigenvalue weighted by molar-refractivity contribution is 5.68. The molecule has 1 heterocycles. The van der Waals surface area contributed by atoms with Gasteiger partial charge in [-0.1, -0.05) is 29.8 Å². The molecule has 26 heavy (non-hydrogen) atoms. The van der Waals surface area contributed by atoms with E-state index in [9.17, 15) is 4.79 Å². The van der Waals surface area contributed by atoms with E-state index in [1.807, 2.05) is 20.2 Å². The molecule has 3 rings (SSSR count). The standard InChI is InChI=1S/C22H24N2O2/c1-16-4-6-17(7-5-16)21-14-12-20(13-15-22(25)26)24(21)19-10-8-18(9-11-19)23(2)3/h4-12,14H,13,15H2,1-3H3,(H,25,26). The lowest BCUT2D eigenvalue weighted by Gasteiger charge is -2.17. The molecule has 4 heteroatoms. The molecule has 0 bridgehead atoms. The first-order chi connectivity index (χ1) is 12.5. The number of hydrogen-bond acceptors (Lipinski definition) is 2. The highest BCUT2D eigenvalue weighted by atomic mass is 16.4. The molecule has 0 radical (unpaired) electrons. The van der Waals surface area contributed by atoms with Crippen LogP contribution in [0, 0.1) is 6.92 Å². The third-order valence-corrected chi connectivity index (χ3v) is 4.53. The van der Waals surface area contributed by atoms with E-state index in [-0.39, 0.29) is 6.42 Å². The number of anilines is 1. The second kappa shape index (κ2) is 7.48. The summed E-state index contributed by atoms with van der Waals surface area (Å²) in [5.41, 5.74) is 6.58. The summed E-state index contributed by atoms with van der Waals surface area (Å²) < 4.78 is 2.16. The Labute approximate surface area is 154 Å². The van der Waals surface area contributed by atoms with E-state index < -0.39 is 5.97 Å². The Balaban J connectivity index is 2.07. The summed E-state index contributed by atoms with van der Waals surface area (Å²) in [6, 6.07) is 20.8. The first-order valence-electron chi connectivity index (χ1n) is 8.73. The molecule has 0 aliphatic rings. The number of carboxylic acids is 1. The van der Waals surface area contributed by atoms with Gasteiger partial charge in [-0.3, -0.25) is 4.79 Å². The van der Waals surface area contributed by atoms with Crippen LogP contribution in [0.5, 0.6) is 0 Å². The third-order valence-electron chi connectivity index (χ3n) is 4.53. The summed E-state index contributed by atoms with van der Waals surface area (Å²) in [4.78, 5) is 13.1. The van der Waals surface area contributed by atoms with E-state index in [0.717, 1.165) is 28.3 Å². The first-order valence-corrected chi connectivity index (χ1v) is 8.73. The molecule has 0 unspecified atom stereocenters. The topological polar surface area (TPSA) is 45.5 Å². The Hall–Kier alpha value is -3.01. The highest BCUT2D eigenvalue weighted by Crippen LogP contribution is 2.28. The Morgan fingerprint density at radius 1 is 0.962 bits per heavy atom. The van der Waals surface area contributed by atoms with E-state index in [2.05, 4.69) is 71.0 Å². The van der Waals surface area contributed by atoms with Crippen LogP contribution in [0.25, 0.3) is 16.9 Å². The number of aliphatic carboxylic acids is 1. The summed E-state index contributed by atoms with van der Waals surface area (Å²) in [7, 11) is 4.03. The Kier molecular flexibility index (Phi) is 5.12. The lowest BCUT2D eigenvalue weighted by molar-refractivity contribution is -0.136. The van der Waals surface area contributed by atoms with Gasteiger partial charge < -0.3 is 14.6 Å². The number of rotatable bonds is 6. The number of carboxylic acid groups (broad SMARTS) is 1. The third kappa shape index (κ3) is 3.80. The summed E-state index contributed by atoms with van der Waals surface area (Å²) in [5, 5.41) is 9.07. The quantitative estimate of drug-likeness (QED) is 0.711. The molecule has 0 aliphatic carbocycles. The van der Waals surface area contributed by atoms with Crippen LogP contribution in [-0.4, -0.2) is 29.7 Å². The second-order valence-electron chi connectivity index (χ2n) is 6.72. The number of aromatic nitrogens is 1. The minimum absolute atomic E-state index is 0.118. The van der Waals surface area contributed by atoms with Gasteiger partial charge in [-0.15, -0.1) is 0 Å². The predicted molar refractivity (Wildman–Crippen MR) is 106 cm³/mol. The van der Waals surface area contributed by atoms with Crippen molar-refractivity contribution in [1.29, 1.82) is 0 Å². The van der Waals surface area contributed by atoms with Crippen molar-refractivity contribution >= 4 is 11.7 Å². The van der Waals surface area contributed by atoms with Crippen LogP contribution in [-0.2, 0) is 11.2 Å². The number of hydrogen-bond donors (Lipinski definition) is 1. The smallest absolute Gasteiger partial charge is 0.303 e. The van der Waals surface area contributed by atoms with E-state index in [0.29, 0.717) is 6.42 Å². The maximum absolute atomic E-state index is 11.0. The molecule has 0 saturated heterocycles. The summed E-state index contributed by atoms with van der Waals surface area (Å²) >= 11 is 0. The van der Waals surface area contributed by atoms with Gasteiger partial charge in [0.05, 0.1) is 12.1 Å². The van der Waals surface area contributed by atoms with E-state index in [1.54, 1.807) is 0 Å². The van der Waals surface area contributed by atoms with Gasteiger partial charge in [0, 0.05) is 31.2 Å². The average molecular weight is 348 g/mol.